The Kier molecular flexibility index (Phi) is 3.78. The molecule has 0 saturated carbocycles. The maximum absolute atomic E-state index is 10.1. The van der Waals surface area contributed by atoms with Gasteiger partial charge in [0, 0.05) is 41.4 Å². The zero-order valence-corrected chi connectivity index (χ0v) is 11.5. The van der Waals surface area contributed by atoms with Gasteiger partial charge in [-0.3, -0.25) is 5.21 Å². The van der Waals surface area contributed by atoms with E-state index >= 15 is 0 Å². The van der Waals surface area contributed by atoms with E-state index in [0.717, 1.165) is 28.1 Å². The fourth-order valence-corrected chi connectivity index (χ4v) is 2.10. The van der Waals surface area contributed by atoms with Crippen molar-refractivity contribution in [3.8, 4) is 0 Å². The summed E-state index contributed by atoms with van der Waals surface area (Å²) in [5.74, 6) is 0. The molecule has 1 aromatic heterocycles. The van der Waals surface area contributed by atoms with E-state index in [-0.39, 0.29) is 0 Å². The van der Waals surface area contributed by atoms with Crippen LogP contribution in [0.2, 0.25) is 0 Å². The quantitative estimate of drug-likeness (QED) is 0.345. The Hall–Kier alpha value is -2.88. The standard InChI is InChI=1S/C17H16N3O/c21-20(13-15-4-2-1-3-5-15)17-8-6-16(7-9-17)12-19-11-10-18-14-19/h1-11,13-14,21H,12H2/q+1/b20-13-. The number of rotatable bonds is 4. The molecule has 0 aliphatic rings. The SMILES string of the molecule is O/[N+](=C\c1ccccc1)c1ccc(Cn2ccnc2)cc1. The first-order valence-electron chi connectivity index (χ1n) is 6.74. The molecule has 4 nitrogen and oxygen atoms in total. The number of aromatic nitrogens is 2. The number of imidazole rings is 1. The van der Waals surface area contributed by atoms with Gasteiger partial charge in [-0.15, -0.1) is 0 Å². The fraction of sp³-hybridized carbons (Fsp3) is 0.0588. The number of nitrogens with zero attached hydrogens (tertiary/aromatic N) is 3. The van der Waals surface area contributed by atoms with E-state index < -0.39 is 0 Å². The first-order chi connectivity index (χ1) is 10.3. The summed E-state index contributed by atoms with van der Waals surface area (Å²) in [6.45, 7) is 0.772. The van der Waals surface area contributed by atoms with Crippen molar-refractivity contribution in [2.24, 2.45) is 0 Å². The molecule has 0 aliphatic carbocycles. The number of hydrogen-bond donors (Lipinski definition) is 1. The van der Waals surface area contributed by atoms with Gasteiger partial charge in [-0.05, 0) is 17.7 Å². The molecule has 0 spiro atoms. The number of hydrogen-bond acceptors (Lipinski definition) is 2. The van der Waals surface area contributed by atoms with E-state index in [1.54, 1.807) is 18.7 Å². The molecule has 104 valence electrons. The average Bonchev–Trinajstić information content (AvgIpc) is 3.02. The Morgan fingerprint density at radius 3 is 2.48 bits per heavy atom. The molecule has 3 aromatic rings. The largest absolute Gasteiger partial charge is 0.333 e. The molecule has 0 fully saturated rings. The third-order valence-electron chi connectivity index (χ3n) is 3.20. The van der Waals surface area contributed by atoms with E-state index in [4.69, 9.17) is 0 Å². The van der Waals surface area contributed by atoms with Gasteiger partial charge in [0.25, 0.3) is 5.69 Å². The van der Waals surface area contributed by atoms with Crippen LogP contribution in [0.25, 0.3) is 0 Å². The van der Waals surface area contributed by atoms with Crippen LogP contribution >= 0.6 is 0 Å². The maximum atomic E-state index is 10.1. The summed E-state index contributed by atoms with van der Waals surface area (Å²) in [6.07, 6.45) is 7.16. The molecule has 2 aromatic carbocycles. The normalized spacial score (nSPS) is 11.5. The van der Waals surface area contributed by atoms with E-state index in [0.29, 0.717) is 0 Å². The zero-order chi connectivity index (χ0) is 14.5. The molecule has 0 atom stereocenters. The molecule has 3 rings (SSSR count). The minimum atomic E-state index is 0.730. The maximum Gasteiger partial charge on any atom is 0.257 e. The predicted octanol–water partition coefficient (Wildman–Crippen LogP) is 3.08. The van der Waals surface area contributed by atoms with Crippen molar-refractivity contribution in [1.82, 2.24) is 9.55 Å². The predicted molar refractivity (Wildman–Crippen MR) is 81.1 cm³/mol. The van der Waals surface area contributed by atoms with Crippen LogP contribution < -0.4 is 0 Å². The first kappa shape index (κ1) is 13.1. The fourth-order valence-electron chi connectivity index (χ4n) is 2.10. The summed E-state index contributed by atoms with van der Waals surface area (Å²) >= 11 is 0. The van der Waals surface area contributed by atoms with Crippen molar-refractivity contribution in [3.05, 3.63) is 84.4 Å². The summed E-state index contributed by atoms with van der Waals surface area (Å²) < 4.78 is 3.14. The number of benzene rings is 2. The molecular weight excluding hydrogens is 262 g/mol. The van der Waals surface area contributed by atoms with Gasteiger partial charge in [0.2, 0.25) is 6.21 Å². The monoisotopic (exact) mass is 278 g/mol. The Bertz CT molecular complexity index is 716. The lowest BCUT2D eigenvalue weighted by Crippen LogP contribution is -2.02. The van der Waals surface area contributed by atoms with Crippen LogP contribution in [0.5, 0.6) is 0 Å². The second-order valence-electron chi connectivity index (χ2n) is 4.79. The highest BCUT2D eigenvalue weighted by molar-refractivity contribution is 5.76. The zero-order valence-electron chi connectivity index (χ0n) is 11.5. The lowest BCUT2D eigenvalue weighted by Gasteiger charge is -2.01. The van der Waals surface area contributed by atoms with Crippen LogP contribution in [0, 0.1) is 0 Å². The highest BCUT2D eigenvalue weighted by atomic mass is 16.5. The van der Waals surface area contributed by atoms with Gasteiger partial charge in [0.15, 0.2) is 0 Å². The summed E-state index contributed by atoms with van der Waals surface area (Å²) in [4.78, 5) is 4.02. The van der Waals surface area contributed by atoms with Gasteiger partial charge in [-0.25, -0.2) is 4.98 Å². The lowest BCUT2D eigenvalue weighted by molar-refractivity contribution is -0.709. The minimum absolute atomic E-state index is 0.730. The molecule has 1 N–H and O–H groups in total. The van der Waals surface area contributed by atoms with Crippen molar-refractivity contribution >= 4 is 11.9 Å². The molecule has 0 amide bonds. The van der Waals surface area contributed by atoms with Crippen LogP contribution in [0.3, 0.4) is 0 Å². The molecule has 0 unspecified atom stereocenters. The van der Waals surface area contributed by atoms with Crippen molar-refractivity contribution in [3.63, 3.8) is 0 Å². The van der Waals surface area contributed by atoms with Gasteiger partial charge < -0.3 is 4.57 Å². The van der Waals surface area contributed by atoms with Crippen LogP contribution in [0.4, 0.5) is 5.69 Å². The Morgan fingerprint density at radius 1 is 1.05 bits per heavy atom. The van der Waals surface area contributed by atoms with Crippen molar-refractivity contribution in [1.29, 1.82) is 0 Å². The van der Waals surface area contributed by atoms with E-state index in [2.05, 4.69) is 4.98 Å². The Balaban J connectivity index is 1.76. The average molecular weight is 278 g/mol. The van der Waals surface area contributed by atoms with Crippen molar-refractivity contribution < 1.29 is 9.95 Å². The highest BCUT2D eigenvalue weighted by Gasteiger charge is 2.07. The molecule has 0 radical (unpaired) electrons. The van der Waals surface area contributed by atoms with Gasteiger partial charge in [0.1, 0.15) is 0 Å². The second kappa shape index (κ2) is 6.05. The van der Waals surface area contributed by atoms with Crippen molar-refractivity contribution in [2.75, 3.05) is 0 Å². The van der Waals surface area contributed by atoms with Crippen LogP contribution in [0.1, 0.15) is 11.1 Å². The lowest BCUT2D eigenvalue weighted by atomic mass is 10.2. The summed E-state index contributed by atoms with van der Waals surface area (Å²) in [5, 5.41) is 10.1. The molecule has 0 saturated heterocycles. The third-order valence-corrected chi connectivity index (χ3v) is 3.20. The molecule has 21 heavy (non-hydrogen) atoms. The molecule has 0 aliphatic heterocycles. The summed E-state index contributed by atoms with van der Waals surface area (Å²) in [5.41, 5.74) is 2.83. The van der Waals surface area contributed by atoms with Crippen LogP contribution in [0.15, 0.2) is 73.3 Å². The topological polar surface area (TPSA) is 41.1 Å². The van der Waals surface area contributed by atoms with Gasteiger partial charge in [0.05, 0.1) is 6.33 Å². The minimum Gasteiger partial charge on any atom is -0.333 e. The Labute approximate surface area is 123 Å². The van der Waals surface area contributed by atoms with E-state index in [1.807, 2.05) is 65.4 Å². The third kappa shape index (κ3) is 3.36. The van der Waals surface area contributed by atoms with Crippen molar-refractivity contribution in [2.45, 2.75) is 6.54 Å². The van der Waals surface area contributed by atoms with E-state index in [1.165, 1.54) is 0 Å². The molecule has 0 bridgehead atoms. The van der Waals surface area contributed by atoms with Gasteiger partial charge in [-0.1, -0.05) is 30.3 Å². The molecule has 1 heterocycles. The van der Waals surface area contributed by atoms with E-state index in [9.17, 15) is 5.21 Å². The smallest absolute Gasteiger partial charge is 0.257 e. The molecular formula is C17H16N3O+. The van der Waals surface area contributed by atoms with Crippen LogP contribution in [-0.4, -0.2) is 25.7 Å². The summed E-state index contributed by atoms with van der Waals surface area (Å²) in [6, 6.07) is 17.5. The summed E-state index contributed by atoms with van der Waals surface area (Å²) in [7, 11) is 0. The van der Waals surface area contributed by atoms with Gasteiger partial charge in [-0.2, -0.15) is 0 Å². The first-order valence-corrected chi connectivity index (χ1v) is 6.74. The van der Waals surface area contributed by atoms with Gasteiger partial charge >= 0.3 is 0 Å². The second-order valence-corrected chi connectivity index (χ2v) is 4.79. The van der Waals surface area contributed by atoms with Crippen LogP contribution in [-0.2, 0) is 6.54 Å². The highest BCUT2D eigenvalue weighted by Crippen LogP contribution is 2.13. The molecule has 4 heteroatoms. The Morgan fingerprint density at radius 2 is 1.81 bits per heavy atom.